The van der Waals surface area contributed by atoms with Crippen LogP contribution in [0.25, 0.3) is 0 Å². The summed E-state index contributed by atoms with van der Waals surface area (Å²) in [5, 5.41) is 9.63. The van der Waals surface area contributed by atoms with Gasteiger partial charge in [0.25, 0.3) is 0 Å². The number of pyridine rings is 1. The molecule has 1 aromatic heterocycles. The number of methoxy groups -OCH3 is 1. The molecule has 0 bridgehead atoms. The second-order valence-corrected chi connectivity index (χ2v) is 8.65. The number of carbonyl (C=O) groups excluding carboxylic acids is 1. The van der Waals surface area contributed by atoms with Crippen molar-refractivity contribution >= 4 is 27.7 Å². The van der Waals surface area contributed by atoms with E-state index in [2.05, 4.69) is 26.9 Å². The maximum atomic E-state index is 12.6. The summed E-state index contributed by atoms with van der Waals surface area (Å²) in [6, 6.07) is 4.44. The van der Waals surface area contributed by atoms with E-state index in [-0.39, 0.29) is 11.9 Å². The largest absolute Gasteiger partial charge is 0.384 e. The summed E-state index contributed by atoms with van der Waals surface area (Å²) in [5.41, 5.74) is 1.69. The Balaban J connectivity index is 0.00000117. The fourth-order valence-corrected chi connectivity index (χ4v) is 4.63. The van der Waals surface area contributed by atoms with Crippen LogP contribution in [0, 0.1) is 17.2 Å². The van der Waals surface area contributed by atoms with E-state index in [9.17, 15) is 10.1 Å². The molecule has 1 atom stereocenters. The summed E-state index contributed by atoms with van der Waals surface area (Å²) >= 11 is 3.59. The van der Waals surface area contributed by atoms with Gasteiger partial charge in [0, 0.05) is 37.1 Å². The van der Waals surface area contributed by atoms with E-state index in [1.807, 2.05) is 24.8 Å². The number of piperazine rings is 1. The molecule has 0 aromatic carbocycles. The molecule has 3 aliphatic rings. The first kappa shape index (κ1) is 22.0. The molecule has 1 saturated heterocycles. The predicted molar refractivity (Wildman–Crippen MR) is 117 cm³/mol. The monoisotopic (exact) mass is 462 g/mol. The zero-order valence-electron chi connectivity index (χ0n) is 17.7. The number of ether oxygens (including phenoxy) is 1. The Morgan fingerprint density at radius 2 is 2.03 bits per heavy atom. The van der Waals surface area contributed by atoms with E-state index in [4.69, 9.17) is 9.72 Å². The highest BCUT2D eigenvalue weighted by Gasteiger charge is 2.41. The Morgan fingerprint density at radius 1 is 1.31 bits per heavy atom. The first-order chi connectivity index (χ1) is 14.1. The lowest BCUT2D eigenvalue weighted by atomic mass is 10.1. The SMILES string of the molecule is CC.COCCC(=O)N1CCN(c2nc(C3CC3)c(Br)cc2C#N)CC1C1CC1. The molecule has 3 fully saturated rings. The fraction of sp³-hybridized carbons (Fsp3) is 0.682. The van der Waals surface area contributed by atoms with Crippen LogP contribution >= 0.6 is 15.9 Å². The summed E-state index contributed by atoms with van der Waals surface area (Å²) in [4.78, 5) is 21.8. The molecule has 158 valence electrons. The van der Waals surface area contributed by atoms with Crippen LogP contribution in [0.5, 0.6) is 0 Å². The van der Waals surface area contributed by atoms with E-state index in [0.29, 0.717) is 37.0 Å². The van der Waals surface area contributed by atoms with Gasteiger partial charge in [0.2, 0.25) is 5.91 Å². The smallest absolute Gasteiger partial charge is 0.225 e. The van der Waals surface area contributed by atoms with Gasteiger partial charge in [-0.05, 0) is 53.6 Å². The number of nitriles is 1. The Bertz CT molecular complexity index is 771. The summed E-state index contributed by atoms with van der Waals surface area (Å²) < 4.78 is 6.02. The number of hydrogen-bond donors (Lipinski definition) is 0. The number of rotatable bonds is 6. The molecule has 2 heterocycles. The molecule has 29 heavy (non-hydrogen) atoms. The minimum absolute atomic E-state index is 0.177. The Morgan fingerprint density at radius 3 is 2.62 bits per heavy atom. The normalized spacial score (nSPS) is 21.3. The highest BCUT2D eigenvalue weighted by Crippen LogP contribution is 2.44. The van der Waals surface area contributed by atoms with Crippen LogP contribution in [0.4, 0.5) is 5.82 Å². The van der Waals surface area contributed by atoms with Crippen molar-refractivity contribution in [3.05, 3.63) is 21.8 Å². The molecular weight excluding hydrogens is 432 g/mol. The van der Waals surface area contributed by atoms with Gasteiger partial charge in [-0.2, -0.15) is 5.26 Å². The summed E-state index contributed by atoms with van der Waals surface area (Å²) in [7, 11) is 1.63. The van der Waals surface area contributed by atoms with Gasteiger partial charge < -0.3 is 14.5 Å². The molecule has 0 spiro atoms. The third kappa shape index (κ3) is 5.10. The molecule has 0 N–H and O–H groups in total. The highest BCUT2D eigenvalue weighted by molar-refractivity contribution is 9.10. The van der Waals surface area contributed by atoms with Crippen LogP contribution in [-0.4, -0.2) is 55.2 Å². The van der Waals surface area contributed by atoms with Gasteiger partial charge in [0.1, 0.15) is 11.9 Å². The summed E-state index contributed by atoms with van der Waals surface area (Å²) in [6.45, 7) is 6.63. The third-order valence-electron chi connectivity index (χ3n) is 5.79. The minimum atomic E-state index is 0.177. The number of anilines is 1. The fourth-order valence-electron chi connectivity index (χ4n) is 3.99. The van der Waals surface area contributed by atoms with Gasteiger partial charge in [-0.15, -0.1) is 0 Å². The van der Waals surface area contributed by atoms with Crippen molar-refractivity contribution in [2.75, 3.05) is 38.3 Å². The van der Waals surface area contributed by atoms with Crippen LogP contribution in [0.2, 0.25) is 0 Å². The van der Waals surface area contributed by atoms with Crippen LogP contribution in [0.3, 0.4) is 0 Å². The molecule has 0 radical (unpaired) electrons. The molecule has 1 amide bonds. The van der Waals surface area contributed by atoms with E-state index < -0.39 is 0 Å². The van der Waals surface area contributed by atoms with Crippen LogP contribution in [-0.2, 0) is 9.53 Å². The van der Waals surface area contributed by atoms with E-state index in [0.717, 1.165) is 29.1 Å². The Hall–Kier alpha value is -1.65. The van der Waals surface area contributed by atoms with Gasteiger partial charge in [-0.3, -0.25) is 4.79 Å². The number of nitrogens with zero attached hydrogens (tertiary/aromatic N) is 4. The zero-order chi connectivity index (χ0) is 21.0. The minimum Gasteiger partial charge on any atom is -0.384 e. The zero-order valence-corrected chi connectivity index (χ0v) is 19.2. The molecule has 4 rings (SSSR count). The number of hydrogen-bond acceptors (Lipinski definition) is 5. The van der Waals surface area contributed by atoms with Crippen LogP contribution in [0.1, 0.15) is 63.1 Å². The first-order valence-corrected chi connectivity index (χ1v) is 11.6. The van der Waals surface area contributed by atoms with Gasteiger partial charge in [0.05, 0.1) is 30.3 Å². The lowest BCUT2D eigenvalue weighted by Gasteiger charge is -2.42. The van der Waals surface area contributed by atoms with Crippen molar-refractivity contribution in [2.24, 2.45) is 5.92 Å². The van der Waals surface area contributed by atoms with Crippen LogP contribution in [0.15, 0.2) is 10.5 Å². The molecule has 2 aliphatic carbocycles. The lowest BCUT2D eigenvalue weighted by Crippen LogP contribution is -2.56. The Labute approximate surface area is 182 Å². The van der Waals surface area contributed by atoms with Gasteiger partial charge in [-0.25, -0.2) is 4.98 Å². The number of aromatic nitrogens is 1. The second kappa shape index (κ2) is 9.90. The highest BCUT2D eigenvalue weighted by atomic mass is 79.9. The third-order valence-corrected chi connectivity index (χ3v) is 6.43. The van der Waals surface area contributed by atoms with Crippen LogP contribution < -0.4 is 4.90 Å². The topological polar surface area (TPSA) is 69.5 Å². The predicted octanol–water partition coefficient (Wildman–Crippen LogP) is 4.08. The van der Waals surface area contributed by atoms with Gasteiger partial charge >= 0.3 is 0 Å². The maximum absolute atomic E-state index is 12.6. The second-order valence-electron chi connectivity index (χ2n) is 7.79. The van der Waals surface area contributed by atoms with Crippen molar-refractivity contribution in [1.29, 1.82) is 5.26 Å². The van der Waals surface area contributed by atoms with Gasteiger partial charge in [0.15, 0.2) is 0 Å². The number of carbonyl (C=O) groups is 1. The quantitative estimate of drug-likeness (QED) is 0.636. The summed E-state index contributed by atoms with van der Waals surface area (Å²) in [5.74, 6) is 2.05. The molecule has 2 saturated carbocycles. The van der Waals surface area contributed by atoms with Crippen molar-refractivity contribution in [1.82, 2.24) is 9.88 Å². The van der Waals surface area contributed by atoms with E-state index >= 15 is 0 Å². The average Bonchev–Trinajstić information content (AvgIpc) is 3.66. The van der Waals surface area contributed by atoms with Gasteiger partial charge in [-0.1, -0.05) is 13.8 Å². The summed E-state index contributed by atoms with van der Waals surface area (Å²) in [6.07, 6.45) is 5.13. The maximum Gasteiger partial charge on any atom is 0.225 e. The van der Waals surface area contributed by atoms with Crippen molar-refractivity contribution < 1.29 is 9.53 Å². The van der Waals surface area contributed by atoms with Crippen molar-refractivity contribution in [3.8, 4) is 6.07 Å². The standard InChI is InChI=1S/C20H25BrN4O2.C2H6/c1-27-9-6-18(26)25-8-7-24(12-17(25)13-2-3-13)20-15(11-22)10-16(21)19(23-20)14-4-5-14;1-2/h10,13-14,17H,2-9,12H2,1H3;1-2H3. The molecule has 1 aliphatic heterocycles. The van der Waals surface area contributed by atoms with E-state index in [1.54, 1.807) is 7.11 Å². The molecule has 1 aromatic rings. The molecule has 7 heteroatoms. The molecule has 1 unspecified atom stereocenters. The van der Waals surface area contributed by atoms with Crippen molar-refractivity contribution in [3.63, 3.8) is 0 Å². The first-order valence-electron chi connectivity index (χ1n) is 10.8. The average molecular weight is 463 g/mol. The molecular formula is C22H31BrN4O2. The number of halogens is 1. The van der Waals surface area contributed by atoms with E-state index in [1.165, 1.54) is 25.7 Å². The lowest BCUT2D eigenvalue weighted by molar-refractivity contribution is -0.135. The number of amides is 1. The molecule has 6 nitrogen and oxygen atoms in total. The van der Waals surface area contributed by atoms with Crippen molar-refractivity contribution in [2.45, 2.75) is 57.9 Å². The Kier molecular flexibility index (Phi) is 7.53.